The van der Waals surface area contributed by atoms with Crippen molar-refractivity contribution in [2.75, 3.05) is 19.1 Å². The Labute approximate surface area is 77.6 Å². The summed E-state index contributed by atoms with van der Waals surface area (Å²) in [6.45, 7) is 2.08. The number of aliphatic hydroxyl groups excluding tert-OH is 1. The number of terminal acetylenes is 1. The zero-order valence-electron chi connectivity index (χ0n) is 7.00. The molecule has 70 valence electrons. The molecule has 0 aromatic rings. The first kappa shape index (κ1) is 11.7. The number of alkyl halides is 1. The SMILES string of the molecule is C#CCOC(C)OCC(O)CCl. The van der Waals surface area contributed by atoms with Crippen LogP contribution in [0, 0.1) is 12.3 Å². The molecule has 0 saturated carbocycles. The Kier molecular flexibility index (Phi) is 7.22. The summed E-state index contributed by atoms with van der Waals surface area (Å²) in [6, 6.07) is 0. The molecule has 2 unspecified atom stereocenters. The van der Waals surface area contributed by atoms with Gasteiger partial charge in [0.1, 0.15) is 6.61 Å². The van der Waals surface area contributed by atoms with Crippen LogP contribution < -0.4 is 0 Å². The Hall–Kier alpha value is -0.270. The molecule has 0 heterocycles. The summed E-state index contributed by atoms with van der Waals surface area (Å²) in [4.78, 5) is 0. The third kappa shape index (κ3) is 6.44. The van der Waals surface area contributed by atoms with Crippen LogP contribution in [-0.2, 0) is 9.47 Å². The van der Waals surface area contributed by atoms with Crippen LogP contribution in [0.25, 0.3) is 0 Å². The average molecular weight is 193 g/mol. The minimum atomic E-state index is -0.649. The van der Waals surface area contributed by atoms with Gasteiger partial charge in [-0.1, -0.05) is 5.92 Å². The second-order valence-corrected chi connectivity index (χ2v) is 2.53. The first-order valence-corrected chi connectivity index (χ1v) is 4.14. The van der Waals surface area contributed by atoms with Crippen molar-refractivity contribution in [3.8, 4) is 12.3 Å². The van der Waals surface area contributed by atoms with Gasteiger partial charge in [0.2, 0.25) is 0 Å². The van der Waals surface area contributed by atoms with Crippen molar-refractivity contribution in [2.24, 2.45) is 0 Å². The molecule has 2 atom stereocenters. The molecule has 0 aliphatic carbocycles. The monoisotopic (exact) mass is 192 g/mol. The van der Waals surface area contributed by atoms with Crippen LogP contribution >= 0.6 is 11.6 Å². The Balaban J connectivity index is 3.31. The molecular weight excluding hydrogens is 180 g/mol. The van der Waals surface area contributed by atoms with E-state index in [-0.39, 0.29) is 19.1 Å². The lowest BCUT2D eigenvalue weighted by Crippen LogP contribution is -2.22. The van der Waals surface area contributed by atoms with Gasteiger partial charge >= 0.3 is 0 Å². The third-order valence-electron chi connectivity index (χ3n) is 1.10. The van der Waals surface area contributed by atoms with E-state index >= 15 is 0 Å². The first-order valence-electron chi connectivity index (χ1n) is 3.61. The summed E-state index contributed by atoms with van der Waals surface area (Å²) in [5.41, 5.74) is 0. The predicted octanol–water partition coefficient (Wildman–Crippen LogP) is 0.598. The molecule has 12 heavy (non-hydrogen) atoms. The van der Waals surface area contributed by atoms with Crippen molar-refractivity contribution in [1.82, 2.24) is 0 Å². The molecular formula is C8H13ClO3. The Morgan fingerprint density at radius 2 is 2.25 bits per heavy atom. The van der Waals surface area contributed by atoms with E-state index in [1.54, 1.807) is 6.92 Å². The summed E-state index contributed by atoms with van der Waals surface area (Å²) in [7, 11) is 0. The largest absolute Gasteiger partial charge is 0.389 e. The number of halogens is 1. The minimum Gasteiger partial charge on any atom is -0.389 e. The van der Waals surface area contributed by atoms with E-state index in [1.807, 2.05) is 0 Å². The van der Waals surface area contributed by atoms with Crippen LogP contribution in [0.1, 0.15) is 6.92 Å². The molecule has 0 aliphatic heterocycles. The lowest BCUT2D eigenvalue weighted by atomic mass is 10.4. The van der Waals surface area contributed by atoms with E-state index in [9.17, 15) is 0 Å². The van der Waals surface area contributed by atoms with Crippen molar-refractivity contribution in [3.05, 3.63) is 0 Å². The maximum absolute atomic E-state index is 8.98. The van der Waals surface area contributed by atoms with Gasteiger partial charge in [0.25, 0.3) is 0 Å². The number of rotatable bonds is 6. The van der Waals surface area contributed by atoms with Gasteiger partial charge in [-0.2, -0.15) is 0 Å². The molecule has 0 spiro atoms. The summed E-state index contributed by atoms with van der Waals surface area (Å²) in [5, 5.41) is 8.98. The predicted molar refractivity (Wildman–Crippen MR) is 46.9 cm³/mol. The van der Waals surface area contributed by atoms with Crippen molar-refractivity contribution >= 4 is 11.6 Å². The maximum Gasteiger partial charge on any atom is 0.156 e. The van der Waals surface area contributed by atoms with Crippen LogP contribution in [-0.4, -0.2) is 36.6 Å². The molecule has 0 aromatic heterocycles. The highest BCUT2D eigenvalue weighted by molar-refractivity contribution is 6.18. The molecule has 1 N–H and O–H groups in total. The summed E-state index contributed by atoms with van der Waals surface area (Å²) >= 11 is 5.34. The van der Waals surface area contributed by atoms with Gasteiger partial charge in [-0.3, -0.25) is 0 Å². The molecule has 3 nitrogen and oxygen atoms in total. The van der Waals surface area contributed by atoms with Crippen LogP contribution in [0.15, 0.2) is 0 Å². The topological polar surface area (TPSA) is 38.7 Å². The molecule has 0 rings (SSSR count). The second kappa shape index (κ2) is 7.38. The Bertz CT molecular complexity index is 144. The van der Waals surface area contributed by atoms with Gasteiger partial charge in [0.05, 0.1) is 18.6 Å². The first-order chi connectivity index (χ1) is 5.70. The zero-order chi connectivity index (χ0) is 9.40. The van der Waals surface area contributed by atoms with Crippen LogP contribution in [0.5, 0.6) is 0 Å². The highest BCUT2D eigenvalue weighted by Gasteiger charge is 2.05. The molecule has 0 aliphatic rings. The maximum atomic E-state index is 8.98. The van der Waals surface area contributed by atoms with E-state index < -0.39 is 12.4 Å². The minimum absolute atomic E-state index is 0.155. The third-order valence-corrected chi connectivity index (χ3v) is 1.46. The number of aliphatic hydroxyl groups is 1. The fraction of sp³-hybridized carbons (Fsp3) is 0.750. The fourth-order valence-electron chi connectivity index (χ4n) is 0.505. The lowest BCUT2D eigenvalue weighted by Gasteiger charge is -2.14. The lowest BCUT2D eigenvalue weighted by molar-refractivity contribution is -0.136. The molecule has 4 heteroatoms. The van der Waals surface area contributed by atoms with E-state index in [4.69, 9.17) is 32.6 Å². The van der Waals surface area contributed by atoms with Gasteiger partial charge in [0, 0.05) is 0 Å². The van der Waals surface area contributed by atoms with E-state index in [0.29, 0.717) is 0 Å². The van der Waals surface area contributed by atoms with Gasteiger partial charge in [-0.15, -0.1) is 18.0 Å². The van der Waals surface area contributed by atoms with Gasteiger partial charge < -0.3 is 14.6 Å². The highest BCUT2D eigenvalue weighted by atomic mass is 35.5. The zero-order valence-corrected chi connectivity index (χ0v) is 7.75. The quantitative estimate of drug-likeness (QED) is 0.381. The van der Waals surface area contributed by atoms with Crippen LogP contribution in [0.4, 0.5) is 0 Å². The molecule has 0 radical (unpaired) electrons. The average Bonchev–Trinajstić information content (AvgIpc) is 2.10. The smallest absolute Gasteiger partial charge is 0.156 e. The van der Waals surface area contributed by atoms with Gasteiger partial charge in [-0.25, -0.2) is 0 Å². The van der Waals surface area contributed by atoms with Crippen molar-refractivity contribution < 1.29 is 14.6 Å². The number of ether oxygens (including phenoxy) is 2. The van der Waals surface area contributed by atoms with Gasteiger partial charge in [-0.05, 0) is 6.92 Å². The number of hydrogen-bond acceptors (Lipinski definition) is 3. The Morgan fingerprint density at radius 1 is 1.58 bits per heavy atom. The highest BCUT2D eigenvalue weighted by Crippen LogP contribution is 1.96. The summed E-state index contributed by atoms with van der Waals surface area (Å²) in [6.07, 6.45) is 3.90. The molecule has 0 amide bonds. The van der Waals surface area contributed by atoms with Gasteiger partial charge in [0.15, 0.2) is 6.29 Å². The summed E-state index contributed by atoms with van der Waals surface area (Å²) in [5.74, 6) is 2.46. The number of hydrogen-bond donors (Lipinski definition) is 1. The standard InChI is InChI=1S/C8H13ClO3/c1-3-4-11-7(2)12-6-8(10)5-9/h1,7-8,10H,4-6H2,2H3. The Morgan fingerprint density at radius 3 is 2.75 bits per heavy atom. The molecule has 0 bridgehead atoms. The van der Waals surface area contributed by atoms with E-state index in [0.717, 1.165) is 0 Å². The van der Waals surface area contributed by atoms with Crippen molar-refractivity contribution in [2.45, 2.75) is 19.3 Å². The fourth-order valence-corrected chi connectivity index (χ4v) is 0.594. The van der Waals surface area contributed by atoms with Crippen LogP contribution in [0.2, 0.25) is 0 Å². The van der Waals surface area contributed by atoms with Crippen LogP contribution in [0.3, 0.4) is 0 Å². The van der Waals surface area contributed by atoms with E-state index in [1.165, 1.54) is 0 Å². The second-order valence-electron chi connectivity index (χ2n) is 2.22. The van der Waals surface area contributed by atoms with Crippen molar-refractivity contribution in [3.63, 3.8) is 0 Å². The summed E-state index contributed by atoms with van der Waals surface area (Å²) < 4.78 is 10.0. The van der Waals surface area contributed by atoms with E-state index in [2.05, 4.69) is 5.92 Å². The normalized spacial score (nSPS) is 15.2. The molecule has 0 fully saturated rings. The molecule has 0 saturated heterocycles. The van der Waals surface area contributed by atoms with Crippen molar-refractivity contribution in [1.29, 1.82) is 0 Å². The molecule has 0 aromatic carbocycles.